The van der Waals surface area contributed by atoms with Crippen LogP contribution in [0.25, 0.3) is 0 Å². The van der Waals surface area contributed by atoms with Crippen LogP contribution in [0.4, 0.5) is 0 Å². The summed E-state index contributed by atoms with van der Waals surface area (Å²) >= 11 is 0. The van der Waals surface area contributed by atoms with Crippen LogP contribution in [0, 0.1) is 0 Å². The standard InChI is InChI=1S/C43H70O11S2.2C6H15NO3/c1-5-7-9-11-13-15-17-19-21-23-29-53-38-27-25-35(31-40(38)51-3)42(55(45,46)47)33-37(44)34-43(56(48,49)50)36-26-28-39(41(32-36)52-4)54-30-24-22-20-18-16-14-12-10-8-6-2;2*8-4-1-7(2-5-9)3-6-10/h25-28,31-32,42-43H,5-24,29-30,33-34H2,1-4H3,(H,45,46,47)(H,48,49,50);2*8-10H,1-6H2/p+2. The molecule has 0 fully saturated rings. The third-order valence-corrected chi connectivity index (χ3v) is 15.3. The Balaban J connectivity index is 0.00000234. The van der Waals surface area contributed by atoms with Gasteiger partial charge in [0.25, 0.3) is 20.2 Å². The number of quaternary nitrogens is 2. The number of ketones is 1. The Bertz CT molecular complexity index is 1780. The minimum Gasteiger partial charge on any atom is -0.493 e. The molecule has 0 saturated carbocycles. The summed E-state index contributed by atoms with van der Waals surface area (Å²) in [4.78, 5) is 15.4. The van der Waals surface area contributed by atoms with Crippen molar-refractivity contribution in [2.75, 3.05) is 106 Å². The third kappa shape index (κ3) is 35.3. The molecule has 0 aliphatic rings. The molecule has 2 atom stereocenters. The topological polar surface area (TPSA) is 293 Å². The van der Waals surface area contributed by atoms with Crippen LogP contribution in [0.15, 0.2) is 36.4 Å². The molecule has 0 aromatic heterocycles. The Hall–Kier alpha value is -3.19. The van der Waals surface area contributed by atoms with Crippen molar-refractivity contribution in [3.05, 3.63) is 47.5 Å². The highest BCUT2D eigenvalue weighted by atomic mass is 32.2. The second-order valence-electron chi connectivity index (χ2n) is 19.2. The fraction of sp³-hybridized carbons (Fsp3) is 0.764. The molecule has 0 aliphatic heterocycles. The number of methoxy groups -OCH3 is 2. The highest BCUT2D eigenvalue weighted by Gasteiger charge is 2.34. The van der Waals surface area contributed by atoms with E-state index in [0.717, 1.165) is 48.3 Å². The van der Waals surface area contributed by atoms with E-state index in [9.17, 15) is 30.7 Å². The monoisotopic (exact) mass is 1130 g/mol. The van der Waals surface area contributed by atoms with Gasteiger partial charge in [-0.3, -0.25) is 13.9 Å². The molecule has 2 aromatic rings. The van der Waals surface area contributed by atoms with Crippen molar-refractivity contribution in [3.63, 3.8) is 0 Å². The van der Waals surface area contributed by atoms with Crippen LogP contribution < -0.4 is 28.7 Å². The van der Waals surface area contributed by atoms with E-state index in [1.807, 2.05) is 0 Å². The lowest BCUT2D eigenvalue weighted by atomic mass is 10.0. The first-order chi connectivity index (χ1) is 36.5. The Morgan fingerprint density at radius 2 is 0.697 bits per heavy atom. The SMILES string of the molecule is CCCCCCCCCCCCOc1ccc(C(CC(=O)CC(c2ccc(OCCCCCCCCCCCC)c(OC)c2)S(=O)(=O)O)S(=O)(=O)O)cc1OC.OCC[NH+](CCO)CCO.OCC[NH+](CCO)CCO. The molecule has 10 N–H and O–H groups in total. The number of benzene rings is 2. The van der Waals surface area contributed by atoms with Gasteiger partial charge in [-0.1, -0.05) is 142 Å². The minimum atomic E-state index is -4.83. The normalized spacial score (nSPS) is 12.4. The zero-order chi connectivity index (χ0) is 56.9. The molecule has 21 heteroatoms. The molecule has 0 spiro atoms. The summed E-state index contributed by atoms with van der Waals surface area (Å²) in [6.07, 6.45) is 22.2. The summed E-state index contributed by atoms with van der Waals surface area (Å²) < 4.78 is 93.3. The molecule has 0 saturated heterocycles. The van der Waals surface area contributed by atoms with Gasteiger partial charge in [0.05, 0.1) is 67.1 Å². The highest BCUT2D eigenvalue weighted by Crippen LogP contribution is 2.38. The largest absolute Gasteiger partial charge is 0.493 e. The van der Waals surface area contributed by atoms with Gasteiger partial charge in [-0.25, -0.2) is 0 Å². The van der Waals surface area contributed by atoms with Crippen molar-refractivity contribution in [2.45, 2.75) is 166 Å². The number of nitrogens with one attached hydrogen (secondary N) is 2. The molecule has 2 aromatic carbocycles. The van der Waals surface area contributed by atoms with Gasteiger partial charge in [0.1, 0.15) is 55.6 Å². The molecule has 0 bridgehead atoms. The van der Waals surface area contributed by atoms with E-state index in [1.165, 1.54) is 141 Å². The number of unbranched alkanes of at least 4 members (excludes halogenated alkanes) is 18. The van der Waals surface area contributed by atoms with E-state index in [2.05, 4.69) is 13.8 Å². The highest BCUT2D eigenvalue weighted by molar-refractivity contribution is 7.86. The average molecular weight is 1130 g/mol. The Morgan fingerprint density at radius 1 is 0.434 bits per heavy atom. The van der Waals surface area contributed by atoms with Crippen LogP contribution in [0.3, 0.4) is 0 Å². The number of aliphatic hydroxyl groups is 6. The minimum absolute atomic E-state index is 0.0676. The molecular formula is C55H102N2O17S2+2. The van der Waals surface area contributed by atoms with Crippen LogP contribution in [0.5, 0.6) is 23.0 Å². The lowest BCUT2D eigenvalue weighted by molar-refractivity contribution is -0.901. The van der Waals surface area contributed by atoms with Crippen LogP contribution >= 0.6 is 0 Å². The van der Waals surface area contributed by atoms with E-state index in [-0.39, 0.29) is 62.3 Å². The van der Waals surface area contributed by atoms with Crippen molar-refractivity contribution < 1.29 is 90.1 Å². The average Bonchev–Trinajstić information content (AvgIpc) is 3.38. The summed E-state index contributed by atoms with van der Waals surface area (Å²) in [6.45, 7) is 9.55. The molecule has 76 heavy (non-hydrogen) atoms. The molecule has 0 radical (unpaired) electrons. The van der Waals surface area contributed by atoms with Crippen molar-refractivity contribution in [1.82, 2.24) is 0 Å². The number of aliphatic hydroxyl groups excluding tert-OH is 6. The van der Waals surface area contributed by atoms with Gasteiger partial charge >= 0.3 is 0 Å². The molecule has 0 heterocycles. The zero-order valence-electron chi connectivity index (χ0n) is 46.6. The Labute approximate surface area is 456 Å². The second kappa shape index (κ2) is 46.7. The number of carbonyl (C=O) groups excluding carboxylic acids is 1. The number of ether oxygens (including phenoxy) is 4. The lowest BCUT2D eigenvalue weighted by Crippen LogP contribution is -3.13. The Kier molecular flexibility index (Phi) is 44.7. The predicted molar refractivity (Wildman–Crippen MR) is 297 cm³/mol. The van der Waals surface area contributed by atoms with Gasteiger partial charge < -0.3 is 59.4 Å². The van der Waals surface area contributed by atoms with Gasteiger partial charge in [0.2, 0.25) is 0 Å². The molecule has 444 valence electrons. The maximum absolute atomic E-state index is 13.3. The first-order valence-corrected chi connectivity index (χ1v) is 30.9. The summed E-state index contributed by atoms with van der Waals surface area (Å²) in [5.74, 6) is 0.437. The van der Waals surface area contributed by atoms with Gasteiger partial charge in [-0.2, -0.15) is 16.8 Å². The van der Waals surface area contributed by atoms with Gasteiger partial charge in [0, 0.05) is 12.8 Å². The quantitative estimate of drug-likeness (QED) is 0.0311. The summed E-state index contributed by atoms with van der Waals surface area (Å²) in [5, 5.41) is 47.6. The summed E-state index contributed by atoms with van der Waals surface area (Å²) in [6, 6.07) is 8.70. The maximum atomic E-state index is 13.3. The number of carbonyl (C=O) groups is 1. The number of Topliss-reactive ketones (excluding diaryl/α,β-unsaturated/α-hetero) is 1. The third-order valence-electron chi connectivity index (χ3n) is 13.0. The van der Waals surface area contributed by atoms with Crippen LogP contribution in [0.1, 0.15) is 177 Å². The summed E-state index contributed by atoms with van der Waals surface area (Å²) in [7, 11) is -6.86. The van der Waals surface area contributed by atoms with Crippen molar-refractivity contribution in [2.24, 2.45) is 0 Å². The van der Waals surface area contributed by atoms with E-state index >= 15 is 0 Å². The lowest BCUT2D eigenvalue weighted by Gasteiger charge is -2.19. The van der Waals surface area contributed by atoms with Crippen LogP contribution in [-0.4, -0.2) is 169 Å². The molecular weight excluding hydrogens is 1020 g/mol. The van der Waals surface area contributed by atoms with Crippen LogP contribution in [0.2, 0.25) is 0 Å². The molecule has 2 rings (SSSR count). The number of hydrogen-bond donors (Lipinski definition) is 10. The molecule has 2 unspecified atom stereocenters. The fourth-order valence-corrected chi connectivity index (χ4v) is 10.3. The van der Waals surface area contributed by atoms with E-state index < -0.39 is 49.4 Å². The van der Waals surface area contributed by atoms with Gasteiger partial charge in [-0.05, 0) is 48.2 Å². The van der Waals surface area contributed by atoms with Crippen molar-refractivity contribution in [1.29, 1.82) is 0 Å². The first kappa shape index (κ1) is 72.8. The van der Waals surface area contributed by atoms with Crippen molar-refractivity contribution >= 4 is 26.0 Å². The second-order valence-corrected chi connectivity index (χ2v) is 22.4. The zero-order valence-corrected chi connectivity index (χ0v) is 48.3. The van der Waals surface area contributed by atoms with Gasteiger partial charge in [0.15, 0.2) is 23.0 Å². The summed E-state index contributed by atoms with van der Waals surface area (Å²) in [5.41, 5.74) is 0.135. The molecule has 19 nitrogen and oxygen atoms in total. The predicted octanol–water partition coefficient (Wildman–Crippen LogP) is 4.91. The van der Waals surface area contributed by atoms with Crippen molar-refractivity contribution in [3.8, 4) is 23.0 Å². The maximum Gasteiger partial charge on any atom is 0.272 e. The van der Waals surface area contributed by atoms with E-state index in [0.29, 0.717) is 64.0 Å². The smallest absolute Gasteiger partial charge is 0.272 e. The van der Waals surface area contributed by atoms with Crippen LogP contribution in [-0.2, 0) is 25.0 Å². The number of rotatable bonds is 46. The Morgan fingerprint density at radius 3 is 0.934 bits per heavy atom. The molecule has 0 aliphatic carbocycles. The molecule has 0 amide bonds. The first-order valence-electron chi connectivity index (χ1n) is 27.9. The van der Waals surface area contributed by atoms with E-state index in [1.54, 1.807) is 0 Å². The van der Waals surface area contributed by atoms with Gasteiger partial charge in [-0.15, -0.1) is 0 Å². The fourth-order valence-electron chi connectivity index (χ4n) is 8.54. The van der Waals surface area contributed by atoms with E-state index in [4.69, 9.17) is 49.6 Å². The number of hydrogen-bond acceptors (Lipinski definition) is 15.